The van der Waals surface area contributed by atoms with Gasteiger partial charge in [0, 0.05) is 22.8 Å². The molecular formula is C28H22ClNO3S. The van der Waals surface area contributed by atoms with E-state index in [4.69, 9.17) is 11.6 Å². The molecule has 0 spiro atoms. The SMILES string of the molecule is O=C(CSc1ccc2ccccc2c1)NC1(C(=O)O)Cc2ccc(-c3ccc(Cl)cc3)cc2C1. The summed E-state index contributed by atoms with van der Waals surface area (Å²) in [6.45, 7) is 0. The summed E-state index contributed by atoms with van der Waals surface area (Å²) in [4.78, 5) is 26.1. The van der Waals surface area contributed by atoms with Crippen molar-refractivity contribution in [2.45, 2.75) is 23.3 Å². The number of carbonyl (C=O) groups is 2. The average molecular weight is 488 g/mol. The van der Waals surface area contributed by atoms with Gasteiger partial charge in [-0.25, -0.2) is 4.79 Å². The minimum absolute atomic E-state index is 0.153. The molecule has 0 radical (unpaired) electrons. The number of carboxylic acid groups (broad SMARTS) is 1. The highest BCUT2D eigenvalue weighted by atomic mass is 35.5. The number of rotatable bonds is 6. The molecule has 1 atom stereocenters. The third-order valence-corrected chi connectivity index (χ3v) is 7.49. The predicted molar refractivity (Wildman–Crippen MR) is 137 cm³/mol. The number of fused-ring (bicyclic) bond motifs is 2. The Bertz CT molecular complexity index is 1400. The van der Waals surface area contributed by atoms with Crippen LogP contribution in [0.1, 0.15) is 11.1 Å². The zero-order valence-electron chi connectivity index (χ0n) is 18.3. The number of halogens is 1. The largest absolute Gasteiger partial charge is 0.479 e. The molecule has 0 aromatic heterocycles. The normalized spacial score (nSPS) is 16.9. The zero-order chi connectivity index (χ0) is 23.7. The van der Waals surface area contributed by atoms with E-state index in [-0.39, 0.29) is 24.5 Å². The van der Waals surface area contributed by atoms with Crippen LogP contribution in [-0.4, -0.2) is 28.3 Å². The molecule has 0 aliphatic heterocycles. The Morgan fingerprint density at radius 2 is 1.56 bits per heavy atom. The van der Waals surface area contributed by atoms with Crippen LogP contribution in [0.15, 0.2) is 89.8 Å². The Hall–Kier alpha value is -3.28. The fourth-order valence-corrected chi connectivity index (χ4v) is 5.37. The van der Waals surface area contributed by atoms with Crippen molar-refractivity contribution in [3.63, 3.8) is 0 Å². The summed E-state index contributed by atoms with van der Waals surface area (Å²) in [5.41, 5.74) is 2.56. The molecule has 0 bridgehead atoms. The van der Waals surface area contributed by atoms with Crippen molar-refractivity contribution in [2.75, 3.05) is 5.75 Å². The van der Waals surface area contributed by atoms with E-state index in [1.54, 1.807) is 0 Å². The van der Waals surface area contributed by atoms with E-state index in [9.17, 15) is 14.7 Å². The molecule has 1 amide bonds. The Morgan fingerprint density at radius 1 is 0.853 bits per heavy atom. The first-order chi connectivity index (χ1) is 16.4. The number of hydrogen-bond donors (Lipinski definition) is 2. The number of carboxylic acids is 1. The van der Waals surface area contributed by atoms with Crippen LogP contribution in [0.3, 0.4) is 0 Å². The van der Waals surface area contributed by atoms with E-state index in [1.807, 2.05) is 84.9 Å². The van der Waals surface area contributed by atoms with Gasteiger partial charge in [0.15, 0.2) is 0 Å². The molecule has 4 aromatic rings. The Balaban J connectivity index is 1.29. The van der Waals surface area contributed by atoms with E-state index in [2.05, 4.69) is 5.32 Å². The van der Waals surface area contributed by atoms with E-state index in [0.29, 0.717) is 5.02 Å². The molecule has 0 heterocycles. The van der Waals surface area contributed by atoms with Crippen LogP contribution < -0.4 is 5.32 Å². The molecule has 0 saturated carbocycles. The number of hydrogen-bond acceptors (Lipinski definition) is 3. The molecule has 0 saturated heterocycles. The van der Waals surface area contributed by atoms with Crippen LogP contribution in [0.4, 0.5) is 0 Å². The van der Waals surface area contributed by atoms with Gasteiger partial charge in [-0.3, -0.25) is 4.79 Å². The molecular weight excluding hydrogens is 466 g/mol. The number of aliphatic carboxylic acids is 1. The van der Waals surface area contributed by atoms with Crippen molar-refractivity contribution in [3.8, 4) is 11.1 Å². The Labute approximate surface area is 207 Å². The van der Waals surface area contributed by atoms with Crippen molar-refractivity contribution in [1.82, 2.24) is 5.32 Å². The first-order valence-electron chi connectivity index (χ1n) is 11.0. The minimum atomic E-state index is -1.33. The van der Waals surface area contributed by atoms with Crippen molar-refractivity contribution in [1.29, 1.82) is 0 Å². The van der Waals surface area contributed by atoms with Crippen LogP contribution in [0, 0.1) is 0 Å². The average Bonchev–Trinajstić information content (AvgIpc) is 3.22. The lowest BCUT2D eigenvalue weighted by atomic mass is 9.95. The van der Waals surface area contributed by atoms with E-state index in [0.717, 1.165) is 37.9 Å². The summed E-state index contributed by atoms with van der Waals surface area (Å²) in [6, 6.07) is 27.6. The monoisotopic (exact) mass is 487 g/mol. The van der Waals surface area contributed by atoms with Gasteiger partial charge in [0.2, 0.25) is 5.91 Å². The van der Waals surface area contributed by atoms with E-state index >= 15 is 0 Å². The smallest absolute Gasteiger partial charge is 0.330 e. The highest BCUT2D eigenvalue weighted by Gasteiger charge is 2.45. The van der Waals surface area contributed by atoms with Crippen molar-refractivity contribution in [2.24, 2.45) is 0 Å². The summed E-state index contributed by atoms with van der Waals surface area (Å²) >= 11 is 7.40. The highest BCUT2D eigenvalue weighted by molar-refractivity contribution is 8.00. The number of carbonyl (C=O) groups excluding carboxylic acids is 1. The molecule has 6 heteroatoms. The van der Waals surface area contributed by atoms with Gasteiger partial charge in [0.1, 0.15) is 5.54 Å². The van der Waals surface area contributed by atoms with Gasteiger partial charge in [-0.05, 0) is 57.3 Å². The van der Waals surface area contributed by atoms with E-state index < -0.39 is 11.5 Å². The number of nitrogens with one attached hydrogen (secondary N) is 1. The first-order valence-corrected chi connectivity index (χ1v) is 12.3. The summed E-state index contributed by atoms with van der Waals surface area (Å²) in [7, 11) is 0. The van der Waals surface area contributed by atoms with Crippen LogP contribution in [-0.2, 0) is 22.4 Å². The lowest BCUT2D eigenvalue weighted by Crippen LogP contribution is -2.56. The standard InChI is InChI=1S/C28H22ClNO3S/c29-24-10-7-19(8-11-24)21-5-6-22-15-28(27(32)33,16-23(22)13-21)30-26(31)17-34-25-12-9-18-3-1-2-4-20(18)14-25/h1-14H,15-17H2,(H,30,31)(H,32,33). The summed E-state index contributed by atoms with van der Waals surface area (Å²) < 4.78 is 0. The molecule has 4 aromatic carbocycles. The second-order valence-corrected chi connectivity index (χ2v) is 10.1. The molecule has 1 aliphatic rings. The second kappa shape index (κ2) is 9.16. The Kier molecular flexibility index (Phi) is 6.07. The van der Waals surface area contributed by atoms with Gasteiger partial charge in [0.25, 0.3) is 0 Å². The summed E-state index contributed by atoms with van der Waals surface area (Å²) in [6.07, 6.45) is 0.524. The van der Waals surface area contributed by atoms with Gasteiger partial charge in [0.05, 0.1) is 5.75 Å². The van der Waals surface area contributed by atoms with E-state index in [1.165, 1.54) is 11.8 Å². The van der Waals surface area contributed by atoms with Crippen LogP contribution in [0.2, 0.25) is 5.02 Å². The topological polar surface area (TPSA) is 66.4 Å². The third-order valence-electron chi connectivity index (χ3n) is 6.25. The second-order valence-electron chi connectivity index (χ2n) is 8.58. The van der Waals surface area contributed by atoms with Gasteiger partial charge >= 0.3 is 5.97 Å². The third kappa shape index (κ3) is 4.54. The summed E-state index contributed by atoms with van der Waals surface area (Å²) in [5.74, 6) is -1.15. The van der Waals surface area contributed by atoms with Gasteiger partial charge < -0.3 is 10.4 Å². The fourth-order valence-electron chi connectivity index (χ4n) is 4.50. The number of thioether (sulfide) groups is 1. The Morgan fingerprint density at radius 3 is 2.32 bits per heavy atom. The maximum Gasteiger partial charge on any atom is 0.330 e. The molecule has 0 fully saturated rings. The quantitative estimate of drug-likeness (QED) is 0.328. The summed E-state index contributed by atoms with van der Waals surface area (Å²) in [5, 5.41) is 15.8. The zero-order valence-corrected chi connectivity index (χ0v) is 19.8. The van der Waals surface area contributed by atoms with Crippen molar-refractivity contribution < 1.29 is 14.7 Å². The van der Waals surface area contributed by atoms with Gasteiger partial charge in [-0.15, -0.1) is 11.8 Å². The molecule has 1 aliphatic carbocycles. The first kappa shape index (κ1) is 22.5. The lowest BCUT2D eigenvalue weighted by Gasteiger charge is -2.25. The van der Waals surface area contributed by atoms with Crippen molar-refractivity contribution >= 4 is 46.0 Å². The van der Waals surface area contributed by atoms with Crippen molar-refractivity contribution in [3.05, 3.63) is 101 Å². The van der Waals surface area contributed by atoms with Gasteiger partial charge in [-0.2, -0.15) is 0 Å². The molecule has 4 nitrogen and oxygen atoms in total. The maximum absolute atomic E-state index is 12.8. The molecule has 170 valence electrons. The fraction of sp³-hybridized carbons (Fsp3) is 0.143. The number of benzene rings is 4. The van der Waals surface area contributed by atoms with Crippen LogP contribution in [0.5, 0.6) is 0 Å². The maximum atomic E-state index is 12.8. The van der Waals surface area contributed by atoms with Crippen LogP contribution in [0.25, 0.3) is 21.9 Å². The molecule has 5 rings (SSSR count). The molecule has 2 N–H and O–H groups in total. The molecule has 1 unspecified atom stereocenters. The highest BCUT2D eigenvalue weighted by Crippen LogP contribution is 2.34. The van der Waals surface area contributed by atoms with Gasteiger partial charge in [-0.1, -0.05) is 72.3 Å². The minimum Gasteiger partial charge on any atom is -0.479 e. The predicted octanol–water partition coefficient (Wildman–Crippen LogP) is 5.99. The lowest BCUT2D eigenvalue weighted by molar-refractivity contribution is -0.146. The number of amides is 1. The molecule has 34 heavy (non-hydrogen) atoms. The van der Waals surface area contributed by atoms with Crippen LogP contribution >= 0.6 is 23.4 Å².